The predicted octanol–water partition coefficient (Wildman–Crippen LogP) is 6.50. The number of hydrogen-bond donors (Lipinski definition) is 0. The Hall–Kier alpha value is -2.55. The fourth-order valence-corrected chi connectivity index (χ4v) is 2.18. The highest BCUT2D eigenvalue weighted by Gasteiger charge is 2.35. The van der Waals surface area contributed by atoms with Crippen LogP contribution in [0.1, 0.15) is 43.9 Å². The highest BCUT2D eigenvalue weighted by molar-refractivity contribution is 5.34. The molecule has 146 valence electrons. The summed E-state index contributed by atoms with van der Waals surface area (Å²) in [7, 11) is 1.46. The lowest BCUT2D eigenvalue weighted by Gasteiger charge is -2.20. The minimum Gasteiger partial charge on any atom is -0.497 e. The van der Waals surface area contributed by atoms with Crippen LogP contribution >= 0.6 is 0 Å². The van der Waals surface area contributed by atoms with Crippen LogP contribution in [0.4, 0.5) is 17.6 Å². The summed E-state index contributed by atoms with van der Waals surface area (Å²) in [6, 6.07) is 13.4. The van der Waals surface area contributed by atoms with Gasteiger partial charge in [0.15, 0.2) is 0 Å². The van der Waals surface area contributed by atoms with Gasteiger partial charge in [-0.3, -0.25) is 0 Å². The fraction of sp³-hybridized carbons (Fsp3) is 0.381. The summed E-state index contributed by atoms with van der Waals surface area (Å²) in [6.07, 6.45) is -0.248. The van der Waals surface area contributed by atoms with Crippen LogP contribution < -0.4 is 4.74 Å². The first-order valence-corrected chi connectivity index (χ1v) is 8.49. The molecule has 0 radical (unpaired) electrons. The normalized spacial score (nSPS) is 11.4. The molecule has 2 rings (SSSR count). The molecule has 0 amide bonds. The van der Waals surface area contributed by atoms with Gasteiger partial charge in [0.05, 0.1) is 18.7 Å². The first kappa shape index (κ1) is 22.5. The molecule has 6 heteroatoms. The van der Waals surface area contributed by atoms with Crippen LogP contribution in [0, 0.1) is 17.2 Å². The molecule has 0 aromatic heterocycles. The zero-order valence-electron chi connectivity index (χ0n) is 15.8. The van der Waals surface area contributed by atoms with Crippen molar-refractivity contribution >= 4 is 0 Å². The third-order valence-corrected chi connectivity index (χ3v) is 4.04. The maximum atomic E-state index is 13.5. The van der Waals surface area contributed by atoms with Gasteiger partial charge >= 0.3 is 0 Å². The second-order valence-electron chi connectivity index (χ2n) is 6.26. The van der Waals surface area contributed by atoms with E-state index in [0.717, 1.165) is 0 Å². The highest BCUT2D eigenvalue weighted by atomic mass is 19.3. The van der Waals surface area contributed by atoms with Crippen molar-refractivity contribution in [3.8, 4) is 11.8 Å². The van der Waals surface area contributed by atoms with Crippen molar-refractivity contribution in [3.63, 3.8) is 0 Å². The van der Waals surface area contributed by atoms with Crippen molar-refractivity contribution in [1.29, 1.82) is 5.26 Å². The van der Waals surface area contributed by atoms with Crippen LogP contribution in [0.2, 0.25) is 0 Å². The van der Waals surface area contributed by atoms with Gasteiger partial charge in [0, 0.05) is 23.5 Å². The maximum Gasteiger partial charge on any atom is 0.275 e. The molecule has 2 aromatic rings. The Kier molecular flexibility index (Phi) is 7.83. The third kappa shape index (κ3) is 5.99. The maximum absolute atomic E-state index is 13.5. The number of rotatable bonds is 5. The monoisotopic (exact) mass is 381 g/mol. The molecule has 0 aliphatic carbocycles. The summed E-state index contributed by atoms with van der Waals surface area (Å²) in [5.41, 5.74) is 0.187. The Morgan fingerprint density at radius 3 is 2.11 bits per heavy atom. The Balaban J connectivity index is 0.000000271. The largest absolute Gasteiger partial charge is 0.497 e. The summed E-state index contributed by atoms with van der Waals surface area (Å²) in [4.78, 5) is 0. The summed E-state index contributed by atoms with van der Waals surface area (Å²) >= 11 is 0. The number of nitriles is 1. The summed E-state index contributed by atoms with van der Waals surface area (Å²) in [5, 5.41) is 8.51. The van der Waals surface area contributed by atoms with E-state index in [1.54, 1.807) is 12.1 Å². The Bertz CT molecular complexity index is 782. The second-order valence-corrected chi connectivity index (χ2v) is 6.26. The molecule has 27 heavy (non-hydrogen) atoms. The number of benzene rings is 2. The van der Waals surface area contributed by atoms with Crippen LogP contribution in [0.25, 0.3) is 0 Å². The predicted molar refractivity (Wildman–Crippen MR) is 97.1 cm³/mol. The summed E-state index contributed by atoms with van der Waals surface area (Å²) in [6.45, 7) is 4.41. The van der Waals surface area contributed by atoms with E-state index in [9.17, 15) is 17.6 Å². The van der Waals surface area contributed by atoms with Crippen molar-refractivity contribution in [1.82, 2.24) is 0 Å². The lowest BCUT2D eigenvalue weighted by Crippen LogP contribution is -2.20. The Labute approximate surface area is 157 Å². The molecule has 0 aliphatic rings. The Morgan fingerprint density at radius 2 is 1.59 bits per heavy atom. The lowest BCUT2D eigenvalue weighted by atomic mass is 9.98. The average molecular weight is 381 g/mol. The molecule has 0 unspecified atom stereocenters. The van der Waals surface area contributed by atoms with Crippen molar-refractivity contribution in [2.75, 3.05) is 7.11 Å². The van der Waals surface area contributed by atoms with Gasteiger partial charge in [-0.25, -0.2) is 17.6 Å². The van der Waals surface area contributed by atoms with Crippen LogP contribution in [-0.2, 0) is 11.8 Å². The molecular formula is C21H23F4NO. The topological polar surface area (TPSA) is 33.0 Å². The zero-order valence-corrected chi connectivity index (χ0v) is 15.8. The van der Waals surface area contributed by atoms with E-state index in [4.69, 9.17) is 10.00 Å². The van der Waals surface area contributed by atoms with Crippen LogP contribution in [0.3, 0.4) is 0 Å². The molecule has 0 N–H and O–H groups in total. The van der Waals surface area contributed by atoms with Gasteiger partial charge < -0.3 is 4.74 Å². The van der Waals surface area contributed by atoms with E-state index in [0.29, 0.717) is 5.75 Å². The zero-order chi connectivity index (χ0) is 20.7. The van der Waals surface area contributed by atoms with Crippen molar-refractivity contribution in [3.05, 3.63) is 65.2 Å². The van der Waals surface area contributed by atoms with Crippen LogP contribution in [0.5, 0.6) is 5.75 Å². The SMILES string of the molecule is CCC(F)(F)c1cccc(C#N)c1.COc1cccc(C(F)(F)C(C)C)c1. The van der Waals surface area contributed by atoms with Gasteiger partial charge in [0.1, 0.15) is 5.75 Å². The smallest absolute Gasteiger partial charge is 0.275 e. The molecular weight excluding hydrogens is 358 g/mol. The molecule has 0 heterocycles. The highest BCUT2D eigenvalue weighted by Crippen LogP contribution is 2.36. The van der Waals surface area contributed by atoms with Crippen LogP contribution in [-0.4, -0.2) is 7.11 Å². The minimum atomic E-state index is -2.83. The van der Waals surface area contributed by atoms with Gasteiger partial charge in [-0.05, 0) is 24.3 Å². The molecule has 0 aliphatic heterocycles. The average Bonchev–Trinajstić information content (AvgIpc) is 2.68. The van der Waals surface area contributed by atoms with Gasteiger partial charge in [-0.2, -0.15) is 5.26 Å². The Morgan fingerprint density at radius 1 is 1.00 bits per heavy atom. The van der Waals surface area contributed by atoms with Crippen LogP contribution in [0.15, 0.2) is 48.5 Å². The first-order valence-electron chi connectivity index (χ1n) is 8.49. The van der Waals surface area contributed by atoms with E-state index < -0.39 is 17.8 Å². The van der Waals surface area contributed by atoms with E-state index in [2.05, 4.69) is 0 Å². The molecule has 0 saturated carbocycles. The number of ether oxygens (including phenoxy) is 1. The molecule has 0 atom stereocenters. The standard InChI is InChI=1S/C11H14F2O.C10H9F2N/c1-8(2)11(12,13)9-5-4-6-10(7-9)14-3;1-2-10(11,12)9-5-3-4-8(6-9)7-13/h4-8H,1-3H3;3-6H,2H2,1H3. The van der Waals surface area contributed by atoms with E-state index in [1.807, 2.05) is 6.07 Å². The van der Waals surface area contributed by atoms with E-state index in [-0.39, 0.29) is 23.1 Å². The quantitative estimate of drug-likeness (QED) is 0.554. The van der Waals surface area contributed by atoms with Crippen molar-refractivity contribution in [2.45, 2.75) is 39.0 Å². The molecule has 0 fully saturated rings. The molecule has 0 bridgehead atoms. The van der Waals surface area contributed by atoms with E-state index in [1.165, 1.54) is 64.3 Å². The van der Waals surface area contributed by atoms with Gasteiger partial charge in [0.25, 0.3) is 11.8 Å². The minimum absolute atomic E-state index is 0.00634. The summed E-state index contributed by atoms with van der Waals surface area (Å²) < 4.78 is 58.2. The number of nitrogens with zero attached hydrogens (tertiary/aromatic N) is 1. The van der Waals surface area contributed by atoms with Gasteiger partial charge in [0.2, 0.25) is 0 Å². The number of halogens is 4. The van der Waals surface area contributed by atoms with Crippen molar-refractivity contribution < 1.29 is 22.3 Å². The third-order valence-electron chi connectivity index (χ3n) is 4.04. The van der Waals surface area contributed by atoms with Gasteiger partial charge in [-0.15, -0.1) is 0 Å². The molecule has 0 spiro atoms. The van der Waals surface area contributed by atoms with Gasteiger partial charge in [-0.1, -0.05) is 45.0 Å². The van der Waals surface area contributed by atoms with Crippen molar-refractivity contribution in [2.24, 2.45) is 5.92 Å². The molecule has 0 saturated heterocycles. The number of hydrogen-bond acceptors (Lipinski definition) is 2. The number of methoxy groups -OCH3 is 1. The number of alkyl halides is 4. The fourth-order valence-electron chi connectivity index (χ4n) is 2.18. The second kappa shape index (κ2) is 9.40. The first-order chi connectivity index (χ1) is 12.6. The van der Waals surface area contributed by atoms with E-state index >= 15 is 0 Å². The summed E-state index contributed by atoms with van der Waals surface area (Å²) in [5.74, 6) is -5.88. The molecule has 2 aromatic carbocycles. The lowest BCUT2D eigenvalue weighted by molar-refractivity contribution is -0.0515. The molecule has 2 nitrogen and oxygen atoms in total.